The van der Waals surface area contributed by atoms with E-state index in [1.807, 2.05) is 11.8 Å². The zero-order valence-corrected chi connectivity index (χ0v) is 10.4. The van der Waals surface area contributed by atoms with E-state index in [2.05, 4.69) is 36.6 Å². The molecule has 0 aromatic heterocycles. The molecule has 0 saturated heterocycles. The first kappa shape index (κ1) is 11.1. The van der Waals surface area contributed by atoms with E-state index in [4.69, 9.17) is 11.6 Å². The van der Waals surface area contributed by atoms with Crippen LogP contribution in [-0.4, -0.2) is 11.6 Å². The molecule has 0 nitrogen and oxygen atoms in total. The molecule has 0 aliphatic heterocycles. The Morgan fingerprint density at radius 1 is 1.33 bits per heavy atom. The summed E-state index contributed by atoms with van der Waals surface area (Å²) in [5.74, 6) is 1.09. The number of benzene rings is 1. The molecule has 0 N–H and O–H groups in total. The molecule has 2 rings (SSSR count). The van der Waals surface area contributed by atoms with E-state index in [9.17, 15) is 0 Å². The van der Waals surface area contributed by atoms with Gasteiger partial charge in [-0.2, -0.15) is 11.8 Å². The molecule has 80 valence electrons. The molecule has 0 heterocycles. The number of alkyl halides is 1. The first-order valence-corrected chi connectivity index (χ1v) is 7.05. The minimum Gasteiger partial charge on any atom is -0.161 e. The molecule has 15 heavy (non-hydrogen) atoms. The lowest BCUT2D eigenvalue weighted by molar-refractivity contribution is 0.942. The number of hydrogen-bond donors (Lipinski definition) is 0. The number of rotatable bonds is 3. The molecule has 0 amide bonds. The normalized spacial score (nSPS) is 20.4. The largest absolute Gasteiger partial charge is 0.161 e. The summed E-state index contributed by atoms with van der Waals surface area (Å²) in [5.41, 5.74) is 4.14. The minimum atomic E-state index is 0.242. The van der Waals surface area contributed by atoms with Crippen LogP contribution in [0.4, 0.5) is 0 Å². The Morgan fingerprint density at radius 2 is 2.07 bits per heavy atom. The molecule has 1 aliphatic carbocycles. The molecule has 0 spiro atoms. The summed E-state index contributed by atoms with van der Waals surface area (Å²) in [7, 11) is 0. The van der Waals surface area contributed by atoms with Crippen molar-refractivity contribution in [1.82, 2.24) is 0 Å². The maximum atomic E-state index is 6.06. The Labute approximate surface area is 101 Å². The first-order chi connectivity index (χ1) is 7.29. The standard InChI is InChI=1S/C13H15ClS/c1-15-9-10-2-4-11(5-3-10)12-6-7-13(14)8-12/h2-5,8,13H,6-7,9H2,1H3. The van der Waals surface area contributed by atoms with Gasteiger partial charge in [0.15, 0.2) is 0 Å². The van der Waals surface area contributed by atoms with E-state index >= 15 is 0 Å². The van der Waals surface area contributed by atoms with E-state index in [-0.39, 0.29) is 5.38 Å². The Morgan fingerprint density at radius 3 is 2.60 bits per heavy atom. The Kier molecular flexibility index (Phi) is 3.76. The highest BCUT2D eigenvalue weighted by molar-refractivity contribution is 7.97. The molecule has 0 bridgehead atoms. The average Bonchev–Trinajstić information content (AvgIpc) is 2.67. The molecule has 1 aromatic rings. The van der Waals surface area contributed by atoms with Crippen LogP contribution < -0.4 is 0 Å². The third-order valence-corrected chi connectivity index (χ3v) is 3.67. The van der Waals surface area contributed by atoms with Crippen LogP contribution in [0.2, 0.25) is 0 Å². The highest BCUT2D eigenvalue weighted by Crippen LogP contribution is 2.30. The fourth-order valence-electron chi connectivity index (χ4n) is 1.90. The summed E-state index contributed by atoms with van der Waals surface area (Å²) < 4.78 is 0. The monoisotopic (exact) mass is 238 g/mol. The summed E-state index contributed by atoms with van der Waals surface area (Å²) in [4.78, 5) is 0. The van der Waals surface area contributed by atoms with Gasteiger partial charge in [-0.15, -0.1) is 11.6 Å². The minimum absolute atomic E-state index is 0.242. The van der Waals surface area contributed by atoms with E-state index < -0.39 is 0 Å². The van der Waals surface area contributed by atoms with Crippen molar-refractivity contribution in [2.75, 3.05) is 6.26 Å². The molecular weight excluding hydrogens is 224 g/mol. The number of halogens is 1. The van der Waals surface area contributed by atoms with Crippen molar-refractivity contribution < 1.29 is 0 Å². The van der Waals surface area contributed by atoms with Crippen LogP contribution in [-0.2, 0) is 5.75 Å². The van der Waals surface area contributed by atoms with Crippen molar-refractivity contribution in [1.29, 1.82) is 0 Å². The van der Waals surface area contributed by atoms with E-state index in [1.165, 1.54) is 16.7 Å². The van der Waals surface area contributed by atoms with Gasteiger partial charge in [0.1, 0.15) is 0 Å². The van der Waals surface area contributed by atoms with Crippen LogP contribution in [0.1, 0.15) is 24.0 Å². The lowest BCUT2D eigenvalue weighted by atomic mass is 10.0. The zero-order valence-electron chi connectivity index (χ0n) is 8.87. The molecule has 0 radical (unpaired) electrons. The summed E-state index contributed by atoms with van der Waals surface area (Å²) in [5, 5.41) is 0.242. The van der Waals surface area contributed by atoms with Gasteiger partial charge in [-0.25, -0.2) is 0 Å². The third kappa shape index (κ3) is 2.79. The van der Waals surface area contributed by atoms with Gasteiger partial charge in [-0.3, -0.25) is 0 Å². The SMILES string of the molecule is CSCc1ccc(C2=CC(Cl)CC2)cc1. The summed E-state index contributed by atoms with van der Waals surface area (Å²) in [6.07, 6.45) is 6.52. The lowest BCUT2D eigenvalue weighted by Crippen LogP contribution is -1.83. The van der Waals surface area contributed by atoms with Crippen molar-refractivity contribution in [2.24, 2.45) is 0 Å². The number of hydrogen-bond acceptors (Lipinski definition) is 1. The van der Waals surface area contributed by atoms with Crippen molar-refractivity contribution in [3.05, 3.63) is 41.5 Å². The second-order valence-electron chi connectivity index (χ2n) is 3.88. The molecule has 0 fully saturated rings. The van der Waals surface area contributed by atoms with Gasteiger partial charge in [-0.05, 0) is 35.8 Å². The van der Waals surface area contributed by atoms with Crippen LogP contribution in [0.25, 0.3) is 5.57 Å². The molecular formula is C13H15ClS. The van der Waals surface area contributed by atoms with E-state index in [0.29, 0.717) is 0 Å². The van der Waals surface area contributed by atoms with Gasteiger partial charge < -0.3 is 0 Å². The fourth-order valence-corrected chi connectivity index (χ4v) is 2.69. The Hall–Kier alpha value is -0.400. The maximum Gasteiger partial charge on any atom is 0.0525 e. The van der Waals surface area contributed by atoms with Crippen molar-refractivity contribution in [2.45, 2.75) is 24.0 Å². The summed E-state index contributed by atoms with van der Waals surface area (Å²) in [6, 6.07) is 8.86. The maximum absolute atomic E-state index is 6.06. The quantitative estimate of drug-likeness (QED) is 0.707. The predicted octanol–water partition coefficient (Wildman–Crippen LogP) is 4.33. The predicted molar refractivity (Wildman–Crippen MR) is 70.5 cm³/mol. The lowest BCUT2D eigenvalue weighted by Gasteiger charge is -2.03. The highest BCUT2D eigenvalue weighted by atomic mass is 35.5. The van der Waals surface area contributed by atoms with Gasteiger partial charge in [0.05, 0.1) is 5.38 Å². The summed E-state index contributed by atoms with van der Waals surface area (Å²) in [6.45, 7) is 0. The van der Waals surface area contributed by atoms with Gasteiger partial charge in [0, 0.05) is 5.75 Å². The fraction of sp³-hybridized carbons (Fsp3) is 0.385. The Balaban J connectivity index is 2.13. The van der Waals surface area contributed by atoms with Crippen LogP contribution in [0.5, 0.6) is 0 Å². The van der Waals surface area contributed by atoms with Crippen molar-refractivity contribution >= 4 is 28.9 Å². The first-order valence-electron chi connectivity index (χ1n) is 5.22. The molecule has 0 saturated carbocycles. The van der Waals surface area contributed by atoms with Crippen molar-refractivity contribution in [3.63, 3.8) is 0 Å². The number of allylic oxidation sites excluding steroid dienone is 2. The smallest absolute Gasteiger partial charge is 0.0525 e. The summed E-state index contributed by atoms with van der Waals surface area (Å²) >= 11 is 7.92. The van der Waals surface area contributed by atoms with Gasteiger partial charge in [0.25, 0.3) is 0 Å². The molecule has 1 aliphatic rings. The van der Waals surface area contributed by atoms with Gasteiger partial charge in [-0.1, -0.05) is 30.3 Å². The van der Waals surface area contributed by atoms with Crippen LogP contribution in [0, 0.1) is 0 Å². The molecule has 1 atom stereocenters. The van der Waals surface area contributed by atoms with Crippen LogP contribution in [0.15, 0.2) is 30.3 Å². The van der Waals surface area contributed by atoms with Gasteiger partial charge in [0.2, 0.25) is 0 Å². The van der Waals surface area contributed by atoms with Crippen LogP contribution in [0.3, 0.4) is 0 Å². The average molecular weight is 239 g/mol. The molecule has 1 aromatic carbocycles. The van der Waals surface area contributed by atoms with Crippen LogP contribution >= 0.6 is 23.4 Å². The van der Waals surface area contributed by atoms with E-state index in [1.54, 1.807) is 0 Å². The molecule has 2 heteroatoms. The second kappa shape index (κ2) is 5.09. The third-order valence-electron chi connectivity index (χ3n) is 2.71. The number of thioether (sulfide) groups is 1. The van der Waals surface area contributed by atoms with Crippen molar-refractivity contribution in [3.8, 4) is 0 Å². The van der Waals surface area contributed by atoms with E-state index in [0.717, 1.165) is 18.6 Å². The van der Waals surface area contributed by atoms with Gasteiger partial charge >= 0.3 is 0 Å². The zero-order chi connectivity index (χ0) is 10.7. The Bertz CT molecular complexity index is 353. The highest BCUT2D eigenvalue weighted by Gasteiger charge is 2.13. The second-order valence-corrected chi connectivity index (χ2v) is 5.30. The molecule has 1 unspecified atom stereocenters. The topological polar surface area (TPSA) is 0 Å².